The Kier molecular flexibility index (Phi) is 19.7. The van der Waals surface area contributed by atoms with Crippen molar-refractivity contribution >= 4 is 52.4 Å². The number of para-hydroxylation sites is 1. The predicted molar refractivity (Wildman–Crippen MR) is 317 cm³/mol. The number of benzene rings is 5. The summed E-state index contributed by atoms with van der Waals surface area (Å²) in [5.41, 5.74) is 11.8. The van der Waals surface area contributed by atoms with Gasteiger partial charge in [-0.2, -0.15) is 0 Å². The molecule has 0 spiro atoms. The van der Waals surface area contributed by atoms with Crippen LogP contribution in [0.2, 0.25) is 0 Å². The van der Waals surface area contributed by atoms with E-state index in [0.717, 1.165) is 64.7 Å². The number of aryl methyl sites for hydroxylation is 3. The quantitative estimate of drug-likeness (QED) is 0.0647. The van der Waals surface area contributed by atoms with E-state index in [1.807, 2.05) is 140 Å². The monoisotopic (exact) mass is 1140 g/mol. The number of rotatable bonds is 16. The van der Waals surface area contributed by atoms with E-state index in [2.05, 4.69) is 36.9 Å². The molecule has 3 fully saturated rings. The minimum Gasteiger partial charge on any atom is -0.489 e. The molecule has 19 heteroatoms. The van der Waals surface area contributed by atoms with E-state index in [-0.39, 0.29) is 70.6 Å². The molecule has 5 heterocycles. The highest BCUT2D eigenvalue weighted by atomic mass is 16.6. The van der Waals surface area contributed by atoms with E-state index in [1.54, 1.807) is 0 Å². The fourth-order valence-electron chi connectivity index (χ4n) is 12.1. The number of amides is 7. The Bertz CT molecular complexity index is 3240. The molecule has 4 aliphatic rings. The molecule has 9 N–H and O–H groups in total. The summed E-state index contributed by atoms with van der Waals surface area (Å²) < 4.78 is 12.0. The summed E-state index contributed by atoms with van der Waals surface area (Å²) in [6, 6.07) is 34.7. The first-order valence-corrected chi connectivity index (χ1v) is 29.6. The molecule has 7 amide bonds. The highest BCUT2D eigenvalue weighted by Crippen LogP contribution is 2.31. The van der Waals surface area contributed by atoms with E-state index in [9.17, 15) is 4.79 Å². The van der Waals surface area contributed by atoms with Gasteiger partial charge in [-0.3, -0.25) is 28.8 Å². The molecule has 0 unspecified atom stereocenters. The first-order chi connectivity index (χ1) is 41.0. The molecule has 0 radical (unpaired) electrons. The fraction of sp³-hybridized carbons (Fsp3) is 0.400. The number of H-pyrrole nitrogens is 1. The van der Waals surface area contributed by atoms with Crippen molar-refractivity contribution in [2.45, 2.75) is 126 Å². The molecule has 84 heavy (non-hydrogen) atoms. The first kappa shape index (κ1) is 58.6. The normalized spacial score (nSPS) is 22.9. The molecule has 10 rings (SSSR count). The van der Waals surface area contributed by atoms with Crippen LogP contribution in [0.5, 0.6) is 5.75 Å². The second-order valence-corrected chi connectivity index (χ2v) is 22.5. The lowest BCUT2D eigenvalue weighted by Gasteiger charge is -2.37. The van der Waals surface area contributed by atoms with Gasteiger partial charge in [-0.1, -0.05) is 115 Å². The molecule has 3 saturated heterocycles. The average molecular weight is 1140 g/mol. The number of nitrogens with zero attached hydrogens (tertiary/aromatic N) is 2. The number of fused-ring (bicyclic) bond motifs is 4. The largest absolute Gasteiger partial charge is 0.489 e. The fourth-order valence-corrected chi connectivity index (χ4v) is 12.1. The summed E-state index contributed by atoms with van der Waals surface area (Å²) in [6.07, 6.45) is 3.19. The van der Waals surface area contributed by atoms with Gasteiger partial charge in [-0.15, -0.1) is 0 Å². The summed E-state index contributed by atoms with van der Waals surface area (Å²) in [5, 5.41) is 19.2. The van der Waals surface area contributed by atoms with E-state index >= 15 is 28.8 Å². The topological polar surface area (TPSA) is 258 Å². The molecule has 1 aromatic heterocycles. The second kappa shape index (κ2) is 28.1. The van der Waals surface area contributed by atoms with Gasteiger partial charge in [0.25, 0.3) is 0 Å². The van der Waals surface area contributed by atoms with Crippen molar-refractivity contribution in [1.29, 1.82) is 0 Å². The van der Waals surface area contributed by atoms with Crippen LogP contribution >= 0.6 is 0 Å². The van der Waals surface area contributed by atoms with Gasteiger partial charge in [-0.05, 0) is 128 Å². The van der Waals surface area contributed by atoms with Crippen LogP contribution in [0.25, 0.3) is 10.9 Å². The molecule has 6 aromatic rings. The number of piperidine rings is 1. The van der Waals surface area contributed by atoms with Crippen LogP contribution in [-0.2, 0) is 72.3 Å². The number of ether oxygens (including phenoxy) is 2. The average Bonchev–Trinajstić information content (AvgIpc) is 4.30. The standard InChI is InChI=1S/C65H76N10O9/c66-31-34-68-65(82)84-50-37-58-62(79)71-53(26-21-42-11-3-1-4-12-42)59(76)70-54(27-22-47-38-69-52-18-10-9-17-51(47)52)60(77)72-55(35-44-29-32-67-33-30-44)61(78)73-56(36-43-19-24-49(25-20-43)83-41-45-13-5-2-6-14-45)63(80)74-39-48-16-8-7-15-46(48)23-28-57(74)64(81)75(58)40-50/h1-20,24-25,38,44,50,53-58,67,69H,21-23,26-37,39-41,66H2,(H,68,82)(H,70,76)(H,71,79)(H,72,77)(H,73,78)/t50-,53+,54+,55+,56+,57+,58+/m1/s1. The van der Waals surface area contributed by atoms with Crippen LogP contribution in [0.15, 0.2) is 140 Å². The Labute approximate surface area is 489 Å². The van der Waals surface area contributed by atoms with Crippen LogP contribution in [0.1, 0.15) is 78.3 Å². The summed E-state index contributed by atoms with van der Waals surface area (Å²) in [6.45, 7) is 1.84. The number of carbonyl (C=O) groups excluding carboxylic acids is 7. The van der Waals surface area contributed by atoms with Crippen molar-refractivity contribution in [1.82, 2.24) is 46.7 Å². The van der Waals surface area contributed by atoms with E-state index < -0.39 is 83.9 Å². The third-order valence-corrected chi connectivity index (χ3v) is 16.7. The maximum Gasteiger partial charge on any atom is 0.407 e. The highest BCUT2D eigenvalue weighted by Gasteiger charge is 2.47. The summed E-state index contributed by atoms with van der Waals surface area (Å²) >= 11 is 0. The van der Waals surface area contributed by atoms with Crippen molar-refractivity contribution < 1.29 is 43.0 Å². The van der Waals surface area contributed by atoms with Crippen molar-refractivity contribution in [3.05, 3.63) is 173 Å². The van der Waals surface area contributed by atoms with Crippen molar-refractivity contribution in [2.75, 3.05) is 32.7 Å². The van der Waals surface area contributed by atoms with Gasteiger partial charge in [0.1, 0.15) is 54.7 Å². The zero-order valence-electron chi connectivity index (χ0n) is 47.3. The van der Waals surface area contributed by atoms with Crippen molar-refractivity contribution in [2.24, 2.45) is 11.7 Å². The molecule has 440 valence electrons. The lowest BCUT2D eigenvalue weighted by molar-refractivity contribution is -0.151. The lowest BCUT2D eigenvalue weighted by Crippen LogP contribution is -2.62. The molecular weight excluding hydrogens is 1060 g/mol. The number of aromatic nitrogens is 1. The molecule has 5 aromatic carbocycles. The smallest absolute Gasteiger partial charge is 0.407 e. The minimum absolute atomic E-state index is 0.00709. The molecule has 0 aliphatic carbocycles. The SMILES string of the molecule is NCCNC(=O)O[C@@H]1C[C@H]2C(=O)N[C@@H](CCc3ccccc3)C(=O)N[C@@H](CCc3c[nH]c4ccccc34)C(=O)N[C@@H](CC3CCNCC3)C(=O)N[C@@H](Cc3ccc(OCc4ccccc4)cc3)C(=O)N3Cc4ccccc4CC[C@H]3C(=O)N2C1. The molecule has 4 aliphatic heterocycles. The van der Waals surface area contributed by atoms with E-state index in [4.69, 9.17) is 15.2 Å². The third kappa shape index (κ3) is 15.0. The number of carbonyl (C=O) groups is 7. The summed E-state index contributed by atoms with van der Waals surface area (Å²) in [7, 11) is 0. The van der Waals surface area contributed by atoms with Crippen LogP contribution in [0, 0.1) is 5.92 Å². The summed E-state index contributed by atoms with van der Waals surface area (Å²) in [5.74, 6) is -3.01. The highest BCUT2D eigenvalue weighted by molar-refractivity contribution is 5.99. The number of hydrogen-bond donors (Lipinski definition) is 8. The van der Waals surface area contributed by atoms with Crippen LogP contribution in [0.4, 0.5) is 4.79 Å². The molecule has 7 atom stereocenters. The Hall–Kier alpha value is -8.55. The van der Waals surface area contributed by atoms with E-state index in [0.29, 0.717) is 37.2 Å². The zero-order valence-corrected chi connectivity index (χ0v) is 47.3. The zero-order chi connectivity index (χ0) is 58.4. The van der Waals surface area contributed by atoms with Crippen molar-refractivity contribution in [3.8, 4) is 5.75 Å². The Morgan fingerprint density at radius 3 is 1.98 bits per heavy atom. The van der Waals surface area contributed by atoms with Crippen LogP contribution in [0.3, 0.4) is 0 Å². The Morgan fingerprint density at radius 1 is 0.607 bits per heavy atom. The molecular formula is C65H76N10O9. The van der Waals surface area contributed by atoms with Gasteiger partial charge in [0.2, 0.25) is 35.4 Å². The Balaban J connectivity index is 1.05. The minimum atomic E-state index is -1.27. The summed E-state index contributed by atoms with van der Waals surface area (Å²) in [4.78, 5) is 112. The molecule has 0 saturated carbocycles. The second-order valence-electron chi connectivity index (χ2n) is 22.5. The first-order valence-electron chi connectivity index (χ1n) is 29.6. The van der Waals surface area contributed by atoms with Gasteiger partial charge in [0, 0.05) is 49.6 Å². The van der Waals surface area contributed by atoms with E-state index in [1.165, 1.54) is 9.80 Å². The molecule has 0 bridgehead atoms. The third-order valence-electron chi connectivity index (χ3n) is 16.7. The van der Waals surface area contributed by atoms with Gasteiger partial charge in [0.15, 0.2) is 0 Å². The number of hydrogen-bond acceptors (Lipinski definition) is 11. The maximum absolute atomic E-state index is 16.0. The number of nitrogens with two attached hydrogens (primary N) is 1. The van der Waals surface area contributed by atoms with Crippen molar-refractivity contribution in [3.63, 3.8) is 0 Å². The number of nitrogens with one attached hydrogen (secondary N) is 7. The number of alkyl carbamates (subject to hydrolysis) is 1. The van der Waals surface area contributed by atoms with Gasteiger partial charge in [-0.25, -0.2) is 4.79 Å². The lowest BCUT2D eigenvalue weighted by atomic mass is 9.90. The van der Waals surface area contributed by atoms with Gasteiger partial charge in [0.05, 0.1) is 6.54 Å². The number of aromatic amines is 1. The molecule has 19 nitrogen and oxygen atoms in total. The Morgan fingerprint density at radius 2 is 1.24 bits per heavy atom. The predicted octanol–water partition coefficient (Wildman–Crippen LogP) is 4.90. The van der Waals surface area contributed by atoms with Gasteiger partial charge < -0.3 is 61.9 Å². The maximum atomic E-state index is 16.0. The van der Waals surface area contributed by atoms with Gasteiger partial charge >= 0.3 is 6.09 Å². The van der Waals surface area contributed by atoms with Crippen LogP contribution in [-0.4, -0.2) is 131 Å². The van der Waals surface area contributed by atoms with Crippen LogP contribution < -0.4 is 42.4 Å².